The third kappa shape index (κ3) is 4.99. The summed E-state index contributed by atoms with van der Waals surface area (Å²) in [7, 11) is 7.89. The summed E-state index contributed by atoms with van der Waals surface area (Å²) in [5.41, 5.74) is 4.57. The molecule has 0 saturated heterocycles. The van der Waals surface area contributed by atoms with Crippen molar-refractivity contribution in [2.24, 2.45) is 0 Å². The van der Waals surface area contributed by atoms with Gasteiger partial charge in [0.2, 0.25) is 0 Å². The van der Waals surface area contributed by atoms with Crippen molar-refractivity contribution in [3.63, 3.8) is 0 Å². The first-order valence-electron chi connectivity index (χ1n) is 8.44. The van der Waals surface area contributed by atoms with E-state index in [0.717, 1.165) is 28.1 Å². The second kappa shape index (κ2) is 8.72. The molecule has 0 aliphatic rings. The fourth-order valence-corrected chi connectivity index (χ4v) is 2.56. The van der Waals surface area contributed by atoms with Crippen molar-refractivity contribution in [3.05, 3.63) is 77.4 Å². The Bertz CT molecular complexity index is 847. The number of carbonyl (C=O) groups is 1. The van der Waals surface area contributed by atoms with Crippen LogP contribution in [0.1, 0.15) is 11.1 Å². The van der Waals surface area contributed by atoms with E-state index in [1.807, 2.05) is 86.5 Å². The van der Waals surface area contributed by atoms with E-state index in [-0.39, 0.29) is 5.57 Å². The first-order chi connectivity index (χ1) is 12.8. The molecule has 0 amide bonds. The van der Waals surface area contributed by atoms with Gasteiger partial charge in [-0.1, -0.05) is 30.3 Å². The number of nitrogens with zero attached hydrogens (tertiary/aromatic N) is 3. The predicted octanol–water partition coefficient (Wildman–Crippen LogP) is 3.78. The topological polar surface area (TPSA) is 67.6 Å². The fourth-order valence-electron chi connectivity index (χ4n) is 2.56. The van der Waals surface area contributed by atoms with Crippen molar-refractivity contribution in [1.82, 2.24) is 0 Å². The minimum absolute atomic E-state index is 0.303. The Morgan fingerprint density at radius 3 is 1.56 bits per heavy atom. The third-order valence-corrected chi connectivity index (χ3v) is 4.16. The Hall–Kier alpha value is -3.52. The van der Waals surface area contributed by atoms with Crippen LogP contribution in [0.5, 0.6) is 0 Å². The molecule has 0 atom stereocenters. The Labute approximate surface area is 160 Å². The van der Waals surface area contributed by atoms with Gasteiger partial charge in [0.1, 0.15) is 11.6 Å². The third-order valence-electron chi connectivity index (χ3n) is 4.16. The number of carboxylic acids is 1. The van der Waals surface area contributed by atoms with E-state index < -0.39 is 5.97 Å². The minimum Gasteiger partial charge on any atom is -0.477 e. The normalized spacial score (nSPS) is 10.7. The van der Waals surface area contributed by atoms with Crippen molar-refractivity contribution in [2.45, 2.75) is 0 Å². The number of benzene rings is 2. The Morgan fingerprint density at radius 1 is 0.852 bits per heavy atom. The molecule has 138 valence electrons. The molecule has 0 bridgehead atoms. The van der Waals surface area contributed by atoms with Gasteiger partial charge in [-0.25, -0.2) is 4.79 Å². The summed E-state index contributed by atoms with van der Waals surface area (Å²) < 4.78 is 0. The molecule has 1 N–H and O–H groups in total. The molecule has 0 aliphatic heterocycles. The number of aliphatic carboxylic acids is 1. The number of allylic oxidation sites excluding steroid dienone is 2. The summed E-state index contributed by atoms with van der Waals surface area (Å²) in [6.07, 6.45) is 3.03. The highest BCUT2D eigenvalue weighted by Crippen LogP contribution is 2.27. The quantitative estimate of drug-likeness (QED) is 0.482. The number of hydrogen-bond acceptors (Lipinski definition) is 4. The van der Waals surface area contributed by atoms with Gasteiger partial charge in [0.15, 0.2) is 0 Å². The van der Waals surface area contributed by atoms with E-state index in [0.29, 0.717) is 0 Å². The van der Waals surface area contributed by atoms with Crippen molar-refractivity contribution < 1.29 is 9.90 Å². The molecule has 2 rings (SSSR count). The van der Waals surface area contributed by atoms with Crippen LogP contribution >= 0.6 is 0 Å². The predicted molar refractivity (Wildman–Crippen MR) is 110 cm³/mol. The zero-order valence-electron chi connectivity index (χ0n) is 16.0. The second-order valence-electron chi connectivity index (χ2n) is 6.46. The number of carboxylic acid groups (broad SMARTS) is 1. The van der Waals surface area contributed by atoms with E-state index in [2.05, 4.69) is 0 Å². The Kier molecular flexibility index (Phi) is 6.40. The lowest BCUT2D eigenvalue weighted by Crippen LogP contribution is -2.08. The lowest BCUT2D eigenvalue weighted by molar-refractivity contribution is -0.132. The molecule has 0 saturated carbocycles. The van der Waals surface area contributed by atoms with Gasteiger partial charge in [-0.2, -0.15) is 5.26 Å². The highest BCUT2D eigenvalue weighted by molar-refractivity contribution is 5.92. The maximum atomic E-state index is 11.1. The molecule has 0 radical (unpaired) electrons. The van der Waals surface area contributed by atoms with Crippen LogP contribution in [0.3, 0.4) is 0 Å². The first-order valence-corrected chi connectivity index (χ1v) is 8.44. The van der Waals surface area contributed by atoms with Crippen molar-refractivity contribution >= 4 is 22.9 Å². The molecule has 2 aromatic rings. The molecule has 0 spiro atoms. The highest BCUT2D eigenvalue weighted by Gasteiger charge is 2.08. The average molecular weight is 361 g/mol. The van der Waals surface area contributed by atoms with Gasteiger partial charge in [0.25, 0.3) is 0 Å². The maximum absolute atomic E-state index is 11.1. The van der Waals surface area contributed by atoms with Gasteiger partial charge < -0.3 is 14.9 Å². The van der Waals surface area contributed by atoms with Gasteiger partial charge in [-0.15, -0.1) is 0 Å². The molecular weight excluding hydrogens is 338 g/mol. The van der Waals surface area contributed by atoms with E-state index in [4.69, 9.17) is 10.4 Å². The lowest BCUT2D eigenvalue weighted by atomic mass is 9.96. The summed E-state index contributed by atoms with van der Waals surface area (Å²) in [6.45, 7) is 0. The first kappa shape index (κ1) is 19.8. The number of rotatable bonds is 6. The smallest absolute Gasteiger partial charge is 0.346 e. The lowest BCUT2D eigenvalue weighted by Gasteiger charge is -2.16. The highest BCUT2D eigenvalue weighted by atomic mass is 16.4. The van der Waals surface area contributed by atoms with Crippen molar-refractivity contribution in [1.29, 1.82) is 5.26 Å². The SMILES string of the molecule is CN(C)c1ccc(C(=C/C=C(/C#N)C(=O)O)c2ccc(N(C)C)cc2)cc1. The molecule has 0 unspecified atom stereocenters. The molecular formula is C22H23N3O2. The van der Waals surface area contributed by atoms with E-state index in [9.17, 15) is 4.79 Å². The van der Waals surface area contributed by atoms with Crippen molar-refractivity contribution in [2.75, 3.05) is 38.0 Å². The van der Waals surface area contributed by atoms with Gasteiger partial charge >= 0.3 is 5.97 Å². The molecule has 27 heavy (non-hydrogen) atoms. The fraction of sp³-hybridized carbons (Fsp3) is 0.182. The average Bonchev–Trinajstić information content (AvgIpc) is 2.65. The Morgan fingerprint density at radius 2 is 1.26 bits per heavy atom. The van der Waals surface area contributed by atoms with E-state index in [1.165, 1.54) is 6.08 Å². The van der Waals surface area contributed by atoms with Crippen LogP contribution in [0.2, 0.25) is 0 Å². The molecule has 5 nitrogen and oxygen atoms in total. The minimum atomic E-state index is -1.24. The number of hydrogen-bond donors (Lipinski definition) is 1. The monoisotopic (exact) mass is 361 g/mol. The number of nitriles is 1. The Balaban J connectivity index is 2.54. The summed E-state index contributed by atoms with van der Waals surface area (Å²) in [5, 5.41) is 18.1. The molecule has 0 fully saturated rings. The van der Waals surface area contributed by atoms with E-state index in [1.54, 1.807) is 12.1 Å². The summed E-state index contributed by atoms with van der Waals surface area (Å²) >= 11 is 0. The number of anilines is 2. The summed E-state index contributed by atoms with van der Waals surface area (Å²) in [5.74, 6) is -1.24. The van der Waals surface area contributed by atoms with Crippen LogP contribution in [0.25, 0.3) is 5.57 Å². The van der Waals surface area contributed by atoms with Gasteiger partial charge in [-0.05, 0) is 47.0 Å². The van der Waals surface area contributed by atoms with Crippen LogP contribution in [-0.4, -0.2) is 39.3 Å². The summed E-state index contributed by atoms with van der Waals surface area (Å²) in [6, 6.07) is 17.7. The van der Waals surface area contributed by atoms with Gasteiger partial charge in [-0.3, -0.25) is 0 Å². The zero-order chi connectivity index (χ0) is 20.0. The van der Waals surface area contributed by atoms with Crippen LogP contribution in [0.4, 0.5) is 11.4 Å². The summed E-state index contributed by atoms with van der Waals surface area (Å²) in [4.78, 5) is 15.1. The molecule has 0 heterocycles. The largest absolute Gasteiger partial charge is 0.477 e. The van der Waals surface area contributed by atoms with Crippen molar-refractivity contribution in [3.8, 4) is 6.07 Å². The van der Waals surface area contributed by atoms with E-state index >= 15 is 0 Å². The van der Waals surface area contributed by atoms with Gasteiger partial charge in [0, 0.05) is 39.6 Å². The maximum Gasteiger partial charge on any atom is 0.346 e. The van der Waals surface area contributed by atoms with Crippen LogP contribution in [-0.2, 0) is 4.79 Å². The van der Waals surface area contributed by atoms with Crippen LogP contribution in [0, 0.1) is 11.3 Å². The molecule has 0 aromatic heterocycles. The molecule has 5 heteroatoms. The van der Waals surface area contributed by atoms with Gasteiger partial charge in [0.05, 0.1) is 0 Å². The van der Waals surface area contributed by atoms with Crippen LogP contribution < -0.4 is 9.80 Å². The zero-order valence-corrected chi connectivity index (χ0v) is 16.0. The molecule has 0 aliphatic carbocycles. The van der Waals surface area contributed by atoms with Crippen LogP contribution in [0.15, 0.2) is 66.3 Å². The standard InChI is InChI=1S/C22H23N3O2/c1-24(2)19-10-5-16(6-11-19)21(14-9-18(15-23)22(26)27)17-7-12-20(13-8-17)25(3)4/h5-14H,1-4H3,(H,26,27)/b18-9-. The molecule has 2 aromatic carbocycles. The second-order valence-corrected chi connectivity index (χ2v) is 6.46.